The molecule has 1 aromatic heterocycles. The van der Waals surface area contributed by atoms with Crippen LogP contribution < -0.4 is 14.2 Å². The Bertz CT molecular complexity index is 963. The van der Waals surface area contributed by atoms with E-state index in [9.17, 15) is 0 Å². The van der Waals surface area contributed by atoms with Crippen LogP contribution in [0.5, 0.6) is 17.2 Å². The van der Waals surface area contributed by atoms with Crippen molar-refractivity contribution in [1.82, 2.24) is 9.47 Å². The Kier molecular flexibility index (Phi) is 3.18. The average Bonchev–Trinajstić information content (AvgIpc) is 3.26. The van der Waals surface area contributed by atoms with Gasteiger partial charge in [0.1, 0.15) is 6.17 Å². The number of methoxy groups -OCH3 is 1. The zero-order valence-corrected chi connectivity index (χ0v) is 14.4. The summed E-state index contributed by atoms with van der Waals surface area (Å²) in [6.07, 6.45) is 3.19. The SMILES string of the molecule is COc1c2c(cc3c1[C@@H](n1ccc4ccccc41)N(C)CC3)OCO2. The van der Waals surface area contributed by atoms with Gasteiger partial charge < -0.3 is 18.8 Å². The molecule has 0 unspecified atom stereocenters. The standard InChI is InChI=1S/C20H20N2O3/c1-21-9-7-14-11-16-18(25-12-24-16)19(23-2)17(14)20(21)22-10-8-13-5-3-4-6-15(13)22/h3-6,8,10-11,20H,7,9,12H2,1-2H3/t20-/m1/s1. The molecule has 0 radical (unpaired) electrons. The van der Waals surface area contributed by atoms with E-state index in [1.54, 1.807) is 7.11 Å². The lowest BCUT2D eigenvalue weighted by Gasteiger charge is -2.37. The van der Waals surface area contributed by atoms with Crippen LogP contribution in [0.4, 0.5) is 0 Å². The van der Waals surface area contributed by atoms with Crippen LogP contribution in [0.2, 0.25) is 0 Å². The van der Waals surface area contributed by atoms with E-state index in [2.05, 4.69) is 59.1 Å². The minimum Gasteiger partial charge on any atom is -0.492 e. The Balaban J connectivity index is 1.77. The Morgan fingerprint density at radius 2 is 2.04 bits per heavy atom. The zero-order valence-electron chi connectivity index (χ0n) is 14.4. The van der Waals surface area contributed by atoms with Crippen LogP contribution in [0.1, 0.15) is 17.3 Å². The lowest BCUT2D eigenvalue weighted by molar-refractivity contribution is 0.170. The normalized spacial score (nSPS) is 19.2. The predicted molar refractivity (Wildman–Crippen MR) is 95.5 cm³/mol. The van der Waals surface area contributed by atoms with Crippen molar-refractivity contribution >= 4 is 10.9 Å². The van der Waals surface area contributed by atoms with Crippen molar-refractivity contribution in [2.24, 2.45) is 0 Å². The number of para-hydroxylation sites is 1. The van der Waals surface area contributed by atoms with Gasteiger partial charge in [0, 0.05) is 23.8 Å². The third-order valence-electron chi connectivity index (χ3n) is 5.25. The van der Waals surface area contributed by atoms with Gasteiger partial charge >= 0.3 is 0 Å². The molecule has 0 N–H and O–H groups in total. The number of aromatic nitrogens is 1. The van der Waals surface area contributed by atoms with Gasteiger partial charge in [0.2, 0.25) is 12.5 Å². The van der Waals surface area contributed by atoms with Crippen molar-refractivity contribution in [3.05, 3.63) is 53.7 Å². The van der Waals surface area contributed by atoms with Gasteiger partial charge in [-0.15, -0.1) is 0 Å². The molecule has 0 spiro atoms. The molecule has 128 valence electrons. The molecule has 2 aromatic carbocycles. The Morgan fingerprint density at radius 3 is 2.92 bits per heavy atom. The number of nitrogens with zero attached hydrogens (tertiary/aromatic N) is 2. The van der Waals surface area contributed by atoms with E-state index in [0.717, 1.165) is 30.2 Å². The molecule has 0 aliphatic carbocycles. The maximum Gasteiger partial charge on any atom is 0.231 e. The molecule has 3 heterocycles. The van der Waals surface area contributed by atoms with Crippen molar-refractivity contribution in [1.29, 1.82) is 0 Å². The summed E-state index contributed by atoms with van der Waals surface area (Å²) in [5.74, 6) is 2.30. The molecular weight excluding hydrogens is 316 g/mol. The molecular formula is C20H20N2O3. The van der Waals surface area contributed by atoms with Crippen molar-refractivity contribution in [2.45, 2.75) is 12.6 Å². The molecule has 0 amide bonds. The molecule has 0 saturated heterocycles. The van der Waals surface area contributed by atoms with Crippen LogP contribution in [0.3, 0.4) is 0 Å². The van der Waals surface area contributed by atoms with E-state index in [1.165, 1.54) is 22.0 Å². The van der Waals surface area contributed by atoms with Crippen LogP contribution in [0.25, 0.3) is 10.9 Å². The number of fused-ring (bicyclic) bond motifs is 3. The number of hydrogen-bond donors (Lipinski definition) is 0. The molecule has 2 aliphatic rings. The maximum absolute atomic E-state index is 5.80. The molecule has 25 heavy (non-hydrogen) atoms. The smallest absolute Gasteiger partial charge is 0.231 e. The topological polar surface area (TPSA) is 35.9 Å². The summed E-state index contributed by atoms with van der Waals surface area (Å²) in [5, 5.41) is 1.24. The monoisotopic (exact) mass is 336 g/mol. The van der Waals surface area contributed by atoms with E-state index < -0.39 is 0 Å². The van der Waals surface area contributed by atoms with Crippen LogP contribution in [0, 0.1) is 0 Å². The predicted octanol–water partition coefficient (Wildman–Crippen LogP) is 3.41. The summed E-state index contributed by atoms with van der Waals surface area (Å²) in [5.41, 5.74) is 3.65. The van der Waals surface area contributed by atoms with Crippen LogP contribution >= 0.6 is 0 Å². The largest absolute Gasteiger partial charge is 0.492 e. The van der Waals surface area contributed by atoms with Gasteiger partial charge in [-0.1, -0.05) is 18.2 Å². The highest BCUT2D eigenvalue weighted by Crippen LogP contribution is 2.50. The Hall–Kier alpha value is -2.66. The van der Waals surface area contributed by atoms with Gasteiger partial charge in [-0.2, -0.15) is 0 Å². The molecule has 5 heteroatoms. The second-order valence-electron chi connectivity index (χ2n) is 6.60. The van der Waals surface area contributed by atoms with E-state index >= 15 is 0 Å². The molecule has 1 atom stereocenters. The minimum absolute atomic E-state index is 0.0631. The van der Waals surface area contributed by atoms with Gasteiger partial charge in [-0.05, 0) is 42.6 Å². The van der Waals surface area contributed by atoms with E-state index in [-0.39, 0.29) is 13.0 Å². The highest BCUT2D eigenvalue weighted by molar-refractivity contribution is 5.80. The van der Waals surface area contributed by atoms with Crippen molar-refractivity contribution in [2.75, 3.05) is 27.5 Å². The van der Waals surface area contributed by atoms with Gasteiger partial charge in [-0.3, -0.25) is 4.90 Å². The summed E-state index contributed by atoms with van der Waals surface area (Å²) < 4.78 is 19.4. The summed E-state index contributed by atoms with van der Waals surface area (Å²) >= 11 is 0. The summed E-state index contributed by atoms with van der Waals surface area (Å²) in [6, 6.07) is 12.7. The summed E-state index contributed by atoms with van der Waals surface area (Å²) in [7, 11) is 3.86. The van der Waals surface area contributed by atoms with Crippen molar-refractivity contribution < 1.29 is 14.2 Å². The van der Waals surface area contributed by atoms with Crippen LogP contribution in [0.15, 0.2) is 42.6 Å². The zero-order chi connectivity index (χ0) is 17.0. The Morgan fingerprint density at radius 1 is 1.16 bits per heavy atom. The lowest BCUT2D eigenvalue weighted by Crippen LogP contribution is -2.36. The van der Waals surface area contributed by atoms with Gasteiger partial charge in [0.15, 0.2) is 11.5 Å². The molecule has 0 fully saturated rings. The van der Waals surface area contributed by atoms with Gasteiger partial charge in [0.25, 0.3) is 0 Å². The molecule has 0 bridgehead atoms. The first-order valence-electron chi connectivity index (χ1n) is 8.53. The second kappa shape index (κ2) is 5.43. The Labute approximate surface area is 146 Å². The first-order valence-corrected chi connectivity index (χ1v) is 8.53. The fourth-order valence-corrected chi connectivity index (χ4v) is 4.08. The highest BCUT2D eigenvalue weighted by atomic mass is 16.7. The number of ether oxygens (including phenoxy) is 3. The van der Waals surface area contributed by atoms with E-state index in [0.29, 0.717) is 0 Å². The van der Waals surface area contributed by atoms with E-state index in [4.69, 9.17) is 14.2 Å². The van der Waals surface area contributed by atoms with Gasteiger partial charge in [-0.25, -0.2) is 0 Å². The van der Waals surface area contributed by atoms with E-state index in [1.807, 2.05) is 0 Å². The average molecular weight is 336 g/mol. The first kappa shape index (κ1) is 14.7. The lowest BCUT2D eigenvalue weighted by atomic mass is 9.94. The summed E-state index contributed by atoms with van der Waals surface area (Å²) in [4.78, 5) is 2.36. The fourth-order valence-electron chi connectivity index (χ4n) is 4.08. The molecule has 5 rings (SSSR count). The first-order chi connectivity index (χ1) is 12.3. The van der Waals surface area contributed by atoms with Crippen molar-refractivity contribution in [3.63, 3.8) is 0 Å². The number of likely N-dealkylation sites (N-methyl/N-ethyl adjacent to an activating group) is 1. The summed E-state index contributed by atoms with van der Waals surface area (Å²) in [6.45, 7) is 1.23. The number of rotatable bonds is 2. The minimum atomic E-state index is 0.0631. The number of hydrogen-bond acceptors (Lipinski definition) is 4. The molecule has 2 aliphatic heterocycles. The molecule has 3 aromatic rings. The second-order valence-corrected chi connectivity index (χ2v) is 6.60. The fraction of sp³-hybridized carbons (Fsp3) is 0.300. The molecule has 0 saturated carbocycles. The van der Waals surface area contributed by atoms with Crippen LogP contribution in [-0.4, -0.2) is 37.0 Å². The van der Waals surface area contributed by atoms with Crippen LogP contribution in [-0.2, 0) is 6.42 Å². The molecule has 5 nitrogen and oxygen atoms in total. The van der Waals surface area contributed by atoms with Gasteiger partial charge in [0.05, 0.1) is 7.11 Å². The van der Waals surface area contributed by atoms with Crippen molar-refractivity contribution in [3.8, 4) is 17.2 Å². The third kappa shape index (κ3) is 2.05. The number of benzene rings is 2. The highest BCUT2D eigenvalue weighted by Gasteiger charge is 2.35. The maximum atomic E-state index is 5.80. The third-order valence-corrected chi connectivity index (χ3v) is 5.25. The quantitative estimate of drug-likeness (QED) is 0.718.